The Hall–Kier alpha value is -2.34. The zero-order valence-corrected chi connectivity index (χ0v) is 12.8. The highest BCUT2D eigenvalue weighted by Crippen LogP contribution is 2.22. The molecule has 22 heavy (non-hydrogen) atoms. The minimum absolute atomic E-state index is 0.113. The van der Waals surface area contributed by atoms with Crippen LogP contribution in [0.5, 0.6) is 0 Å². The van der Waals surface area contributed by atoms with E-state index in [-0.39, 0.29) is 5.91 Å². The number of carbonyl (C=O) groups is 1. The fraction of sp³-hybridized carbons (Fsp3) is 0.250. The number of rotatable bonds is 3. The van der Waals surface area contributed by atoms with Crippen molar-refractivity contribution in [3.63, 3.8) is 0 Å². The van der Waals surface area contributed by atoms with Crippen LogP contribution in [0, 0.1) is 0 Å². The SMILES string of the molecule is O=C(Nc1ccc(N2CCCC2)cc1)c1csc2nccn12. The van der Waals surface area contributed by atoms with Gasteiger partial charge in [-0.05, 0) is 37.1 Å². The Morgan fingerprint density at radius 3 is 2.73 bits per heavy atom. The van der Waals surface area contributed by atoms with Crippen LogP contribution in [0.25, 0.3) is 4.96 Å². The number of amides is 1. The van der Waals surface area contributed by atoms with E-state index in [0.29, 0.717) is 5.69 Å². The molecule has 1 aliphatic rings. The summed E-state index contributed by atoms with van der Waals surface area (Å²) < 4.78 is 1.80. The molecule has 1 aliphatic heterocycles. The molecule has 0 bridgehead atoms. The van der Waals surface area contributed by atoms with Gasteiger partial charge in [0.25, 0.3) is 5.91 Å². The number of aromatic nitrogens is 2. The molecule has 0 aliphatic carbocycles. The number of hydrogen-bond donors (Lipinski definition) is 1. The molecule has 3 aromatic rings. The van der Waals surface area contributed by atoms with Crippen molar-refractivity contribution in [1.29, 1.82) is 0 Å². The molecule has 5 nitrogen and oxygen atoms in total. The molecule has 0 atom stereocenters. The molecule has 6 heteroatoms. The van der Waals surface area contributed by atoms with E-state index in [9.17, 15) is 4.79 Å². The van der Waals surface area contributed by atoms with Crippen molar-refractivity contribution < 1.29 is 4.79 Å². The number of benzene rings is 1. The summed E-state index contributed by atoms with van der Waals surface area (Å²) in [7, 11) is 0. The molecule has 0 spiro atoms. The maximum absolute atomic E-state index is 12.4. The van der Waals surface area contributed by atoms with Crippen LogP contribution in [0.3, 0.4) is 0 Å². The molecule has 1 fully saturated rings. The fourth-order valence-electron chi connectivity index (χ4n) is 2.81. The third-order valence-corrected chi connectivity index (χ3v) is 4.83. The highest BCUT2D eigenvalue weighted by atomic mass is 32.1. The predicted octanol–water partition coefficient (Wildman–Crippen LogP) is 3.25. The monoisotopic (exact) mass is 312 g/mol. The molecular weight excluding hydrogens is 296 g/mol. The van der Waals surface area contributed by atoms with Gasteiger partial charge in [0.15, 0.2) is 4.96 Å². The highest BCUT2D eigenvalue weighted by molar-refractivity contribution is 7.15. The molecule has 1 N–H and O–H groups in total. The Morgan fingerprint density at radius 1 is 1.18 bits per heavy atom. The quantitative estimate of drug-likeness (QED) is 0.807. The first-order valence-corrected chi connectivity index (χ1v) is 8.26. The lowest BCUT2D eigenvalue weighted by Gasteiger charge is -2.17. The molecule has 4 rings (SSSR count). The van der Waals surface area contributed by atoms with Crippen molar-refractivity contribution in [2.45, 2.75) is 12.8 Å². The third-order valence-electron chi connectivity index (χ3n) is 3.97. The minimum atomic E-state index is -0.113. The van der Waals surface area contributed by atoms with Gasteiger partial charge >= 0.3 is 0 Å². The van der Waals surface area contributed by atoms with Crippen LogP contribution in [0.2, 0.25) is 0 Å². The average Bonchev–Trinajstić information content (AvgIpc) is 3.25. The molecule has 3 heterocycles. The maximum Gasteiger partial charge on any atom is 0.273 e. The van der Waals surface area contributed by atoms with Crippen LogP contribution >= 0.6 is 11.3 Å². The van der Waals surface area contributed by atoms with Crippen LogP contribution < -0.4 is 10.2 Å². The summed E-state index contributed by atoms with van der Waals surface area (Å²) in [5.41, 5.74) is 2.65. The van der Waals surface area contributed by atoms with E-state index in [4.69, 9.17) is 0 Å². The van der Waals surface area contributed by atoms with Gasteiger partial charge in [-0.25, -0.2) is 4.98 Å². The maximum atomic E-state index is 12.4. The number of nitrogens with zero attached hydrogens (tertiary/aromatic N) is 3. The van der Waals surface area contributed by atoms with E-state index in [2.05, 4.69) is 27.3 Å². The molecule has 1 saturated heterocycles. The largest absolute Gasteiger partial charge is 0.372 e. The number of nitrogens with one attached hydrogen (secondary N) is 1. The van der Waals surface area contributed by atoms with E-state index in [1.54, 1.807) is 16.8 Å². The molecule has 0 unspecified atom stereocenters. The molecular formula is C16H16N4OS. The van der Waals surface area contributed by atoms with Crippen LogP contribution in [-0.4, -0.2) is 28.4 Å². The summed E-state index contributed by atoms with van der Waals surface area (Å²) in [6.07, 6.45) is 6.03. The van der Waals surface area contributed by atoms with Crippen LogP contribution in [0.4, 0.5) is 11.4 Å². The first kappa shape index (κ1) is 13.3. The van der Waals surface area contributed by atoms with Crippen molar-refractivity contribution in [3.05, 3.63) is 47.7 Å². The Labute approximate surface area is 132 Å². The number of fused-ring (bicyclic) bond motifs is 1. The van der Waals surface area contributed by atoms with Gasteiger partial charge in [0.2, 0.25) is 0 Å². The number of carbonyl (C=O) groups excluding carboxylic acids is 1. The summed E-state index contributed by atoms with van der Waals surface area (Å²) >= 11 is 1.46. The second-order valence-corrected chi connectivity index (χ2v) is 6.23. The van der Waals surface area contributed by atoms with Gasteiger partial charge in [0.1, 0.15) is 5.69 Å². The van der Waals surface area contributed by atoms with Gasteiger partial charge in [-0.15, -0.1) is 11.3 Å². The van der Waals surface area contributed by atoms with Gasteiger partial charge in [0, 0.05) is 42.2 Å². The molecule has 2 aromatic heterocycles. The van der Waals surface area contributed by atoms with Crippen LogP contribution in [-0.2, 0) is 0 Å². The number of anilines is 2. The lowest BCUT2D eigenvalue weighted by atomic mass is 10.2. The standard InChI is InChI=1S/C16H16N4OS/c21-15(14-11-22-16-17-7-10-20(14)16)18-12-3-5-13(6-4-12)19-8-1-2-9-19/h3-7,10-11H,1-2,8-9H2,(H,18,21). The zero-order chi connectivity index (χ0) is 14.9. The van der Waals surface area contributed by atoms with Crippen LogP contribution in [0.15, 0.2) is 42.0 Å². The van der Waals surface area contributed by atoms with Crippen LogP contribution in [0.1, 0.15) is 23.3 Å². The number of hydrogen-bond acceptors (Lipinski definition) is 4. The van der Waals surface area contributed by atoms with Crippen molar-refractivity contribution in [1.82, 2.24) is 9.38 Å². The first-order valence-electron chi connectivity index (χ1n) is 7.38. The van der Waals surface area contributed by atoms with Gasteiger partial charge in [0.05, 0.1) is 0 Å². The fourth-order valence-corrected chi connectivity index (χ4v) is 3.65. The molecule has 112 valence electrons. The smallest absolute Gasteiger partial charge is 0.273 e. The van der Waals surface area contributed by atoms with Crippen molar-refractivity contribution >= 4 is 33.6 Å². The van der Waals surface area contributed by atoms with Gasteiger partial charge < -0.3 is 10.2 Å². The Kier molecular flexibility index (Phi) is 3.31. The Morgan fingerprint density at radius 2 is 1.95 bits per heavy atom. The van der Waals surface area contributed by atoms with Crippen molar-refractivity contribution in [2.75, 3.05) is 23.3 Å². The Bertz CT molecular complexity index is 799. The van der Waals surface area contributed by atoms with Gasteiger partial charge in [-0.1, -0.05) is 0 Å². The normalized spacial score (nSPS) is 14.6. The summed E-state index contributed by atoms with van der Waals surface area (Å²) in [5.74, 6) is -0.113. The van der Waals surface area contributed by atoms with E-state index < -0.39 is 0 Å². The molecule has 1 aromatic carbocycles. The summed E-state index contributed by atoms with van der Waals surface area (Å²) in [6, 6.07) is 8.06. The lowest BCUT2D eigenvalue weighted by Crippen LogP contribution is -2.17. The van der Waals surface area contributed by atoms with E-state index in [1.807, 2.05) is 17.5 Å². The molecule has 1 amide bonds. The second-order valence-electron chi connectivity index (χ2n) is 5.40. The summed E-state index contributed by atoms with van der Waals surface area (Å²) in [6.45, 7) is 2.25. The predicted molar refractivity (Wildman–Crippen MR) is 88.9 cm³/mol. The van der Waals surface area contributed by atoms with E-state index in [1.165, 1.54) is 29.9 Å². The number of imidazole rings is 1. The molecule has 0 saturated carbocycles. The average molecular weight is 312 g/mol. The third kappa shape index (κ3) is 2.35. The van der Waals surface area contributed by atoms with Gasteiger partial charge in [-0.3, -0.25) is 9.20 Å². The topological polar surface area (TPSA) is 49.6 Å². The zero-order valence-electron chi connectivity index (χ0n) is 12.0. The summed E-state index contributed by atoms with van der Waals surface area (Å²) in [4.78, 5) is 19.7. The molecule has 0 radical (unpaired) electrons. The second kappa shape index (κ2) is 5.46. The number of thiazole rings is 1. The Balaban J connectivity index is 1.51. The van der Waals surface area contributed by atoms with Crippen molar-refractivity contribution in [3.8, 4) is 0 Å². The lowest BCUT2D eigenvalue weighted by molar-refractivity contribution is 0.102. The van der Waals surface area contributed by atoms with Crippen molar-refractivity contribution in [2.24, 2.45) is 0 Å². The van der Waals surface area contributed by atoms with Gasteiger partial charge in [-0.2, -0.15) is 0 Å². The van der Waals surface area contributed by atoms with E-state index >= 15 is 0 Å². The highest BCUT2D eigenvalue weighted by Gasteiger charge is 2.14. The minimum Gasteiger partial charge on any atom is -0.372 e. The summed E-state index contributed by atoms with van der Waals surface area (Å²) in [5, 5.41) is 4.77. The first-order chi connectivity index (χ1) is 10.8. The van der Waals surface area contributed by atoms with E-state index in [0.717, 1.165) is 23.7 Å².